The van der Waals surface area contributed by atoms with Gasteiger partial charge in [0, 0.05) is 12.5 Å². The SMILES string of the molecule is O=C(COC(=O)CCCc1nc2ccccc2s1)Nc1ccccc1[N+](=O)[O-]. The Kier molecular flexibility index (Phi) is 6.28. The van der Waals surface area contributed by atoms with E-state index in [1.54, 1.807) is 17.4 Å². The lowest BCUT2D eigenvalue weighted by Crippen LogP contribution is -2.21. The fraction of sp³-hybridized carbons (Fsp3) is 0.211. The average Bonchev–Trinajstić information content (AvgIpc) is 3.09. The van der Waals surface area contributed by atoms with E-state index < -0.39 is 23.4 Å². The molecule has 28 heavy (non-hydrogen) atoms. The van der Waals surface area contributed by atoms with E-state index in [-0.39, 0.29) is 17.8 Å². The van der Waals surface area contributed by atoms with Gasteiger partial charge in [0.2, 0.25) is 0 Å². The number of nitro benzene ring substituents is 1. The van der Waals surface area contributed by atoms with Crippen molar-refractivity contribution in [1.29, 1.82) is 0 Å². The van der Waals surface area contributed by atoms with E-state index in [2.05, 4.69) is 10.3 Å². The van der Waals surface area contributed by atoms with Crippen LogP contribution in [-0.4, -0.2) is 28.4 Å². The number of esters is 1. The first kappa shape index (κ1) is 19.4. The first-order valence-electron chi connectivity index (χ1n) is 8.56. The monoisotopic (exact) mass is 399 g/mol. The van der Waals surface area contributed by atoms with Gasteiger partial charge in [-0.1, -0.05) is 24.3 Å². The quantitative estimate of drug-likeness (QED) is 0.351. The fourth-order valence-electron chi connectivity index (χ4n) is 2.55. The van der Waals surface area contributed by atoms with Gasteiger partial charge in [0.1, 0.15) is 5.69 Å². The summed E-state index contributed by atoms with van der Waals surface area (Å²) in [7, 11) is 0. The second kappa shape index (κ2) is 9.05. The Morgan fingerprint density at radius 3 is 2.68 bits per heavy atom. The number of thiazole rings is 1. The maximum Gasteiger partial charge on any atom is 0.306 e. The van der Waals surface area contributed by atoms with Gasteiger partial charge in [0.25, 0.3) is 11.6 Å². The second-order valence-electron chi connectivity index (χ2n) is 5.91. The van der Waals surface area contributed by atoms with Gasteiger partial charge in [-0.15, -0.1) is 11.3 Å². The van der Waals surface area contributed by atoms with Crippen molar-refractivity contribution in [3.05, 3.63) is 63.7 Å². The Bertz CT molecular complexity index is 984. The van der Waals surface area contributed by atoms with Gasteiger partial charge >= 0.3 is 5.97 Å². The highest BCUT2D eigenvalue weighted by molar-refractivity contribution is 7.18. The Hall–Kier alpha value is -3.33. The second-order valence-corrected chi connectivity index (χ2v) is 7.03. The smallest absolute Gasteiger partial charge is 0.306 e. The molecule has 0 saturated carbocycles. The molecule has 1 N–H and O–H groups in total. The molecule has 1 heterocycles. The summed E-state index contributed by atoms with van der Waals surface area (Å²) in [5.41, 5.74) is 0.777. The van der Waals surface area contributed by atoms with Crippen LogP contribution in [-0.2, 0) is 20.7 Å². The topological polar surface area (TPSA) is 111 Å². The number of ether oxygens (including phenoxy) is 1. The molecule has 0 aliphatic heterocycles. The summed E-state index contributed by atoms with van der Waals surface area (Å²) < 4.78 is 6.04. The standard InChI is InChI=1S/C19H17N3O5S/c23-17(20-13-6-1-3-8-15(13)22(25)26)12-27-19(24)11-5-10-18-21-14-7-2-4-9-16(14)28-18/h1-4,6-9H,5,10-12H2,(H,20,23). The highest BCUT2D eigenvalue weighted by Gasteiger charge is 2.15. The Balaban J connectivity index is 1.41. The van der Waals surface area contributed by atoms with Gasteiger partial charge in [-0.05, 0) is 31.0 Å². The number of hydrogen-bond donors (Lipinski definition) is 1. The molecule has 3 rings (SSSR count). The third-order valence-electron chi connectivity index (χ3n) is 3.85. The van der Waals surface area contributed by atoms with Crippen molar-refractivity contribution in [3.8, 4) is 0 Å². The zero-order chi connectivity index (χ0) is 19.9. The summed E-state index contributed by atoms with van der Waals surface area (Å²) in [6.45, 7) is -0.494. The van der Waals surface area contributed by atoms with Crippen LogP contribution in [0.4, 0.5) is 11.4 Å². The zero-order valence-corrected chi connectivity index (χ0v) is 15.6. The van der Waals surface area contributed by atoms with Crippen molar-refractivity contribution >= 4 is 44.8 Å². The highest BCUT2D eigenvalue weighted by atomic mass is 32.1. The fourth-order valence-corrected chi connectivity index (χ4v) is 3.56. The molecule has 3 aromatic rings. The van der Waals surface area contributed by atoms with E-state index in [0.717, 1.165) is 15.2 Å². The zero-order valence-electron chi connectivity index (χ0n) is 14.8. The predicted molar refractivity (Wildman–Crippen MR) is 105 cm³/mol. The third-order valence-corrected chi connectivity index (χ3v) is 4.94. The molecule has 0 fully saturated rings. The van der Waals surface area contributed by atoms with Crippen LogP contribution in [0.25, 0.3) is 10.2 Å². The first-order valence-corrected chi connectivity index (χ1v) is 9.38. The van der Waals surface area contributed by atoms with Gasteiger partial charge < -0.3 is 10.1 Å². The van der Waals surface area contributed by atoms with Crippen LogP contribution in [0.1, 0.15) is 17.8 Å². The summed E-state index contributed by atoms with van der Waals surface area (Å²) in [5, 5.41) is 14.3. The van der Waals surface area contributed by atoms with Crippen LogP contribution in [0, 0.1) is 10.1 Å². The molecule has 8 nitrogen and oxygen atoms in total. The molecule has 0 bridgehead atoms. The molecule has 9 heteroatoms. The van der Waals surface area contributed by atoms with Crippen LogP contribution < -0.4 is 5.32 Å². The molecule has 2 aromatic carbocycles. The van der Waals surface area contributed by atoms with Crippen molar-refractivity contribution in [2.24, 2.45) is 0 Å². The first-order chi connectivity index (χ1) is 13.5. The lowest BCUT2D eigenvalue weighted by Gasteiger charge is -2.07. The van der Waals surface area contributed by atoms with E-state index in [9.17, 15) is 19.7 Å². The third kappa shape index (κ3) is 5.10. The maximum absolute atomic E-state index is 11.9. The number of para-hydroxylation sites is 3. The number of nitrogens with one attached hydrogen (secondary N) is 1. The number of benzene rings is 2. The molecule has 0 atom stereocenters. The van der Waals surface area contributed by atoms with Gasteiger partial charge in [0.05, 0.1) is 20.1 Å². The number of aromatic nitrogens is 1. The van der Waals surface area contributed by atoms with Crippen LogP contribution in [0.5, 0.6) is 0 Å². The summed E-state index contributed by atoms with van der Waals surface area (Å²) in [6.07, 6.45) is 1.37. The van der Waals surface area contributed by atoms with Gasteiger partial charge in [-0.3, -0.25) is 19.7 Å². The predicted octanol–water partition coefficient (Wildman–Crippen LogP) is 3.71. The van der Waals surface area contributed by atoms with Crippen LogP contribution in [0.3, 0.4) is 0 Å². The van der Waals surface area contributed by atoms with Gasteiger partial charge in [-0.2, -0.15) is 0 Å². The molecule has 0 radical (unpaired) electrons. The maximum atomic E-state index is 11.9. The summed E-state index contributed by atoms with van der Waals surface area (Å²) in [6, 6.07) is 13.6. The number of carbonyl (C=O) groups excluding carboxylic acids is 2. The van der Waals surface area contributed by atoms with Gasteiger partial charge in [0.15, 0.2) is 6.61 Å². The lowest BCUT2D eigenvalue weighted by molar-refractivity contribution is -0.383. The van der Waals surface area contributed by atoms with E-state index in [1.165, 1.54) is 18.2 Å². The summed E-state index contributed by atoms with van der Waals surface area (Å²) >= 11 is 1.59. The van der Waals surface area contributed by atoms with Crippen molar-refractivity contribution in [2.45, 2.75) is 19.3 Å². The van der Waals surface area contributed by atoms with Crippen LogP contribution >= 0.6 is 11.3 Å². The molecule has 144 valence electrons. The number of carbonyl (C=O) groups is 2. The number of anilines is 1. The molecule has 0 unspecified atom stereocenters. The highest BCUT2D eigenvalue weighted by Crippen LogP contribution is 2.23. The van der Waals surface area contributed by atoms with E-state index >= 15 is 0 Å². The van der Waals surface area contributed by atoms with E-state index in [1.807, 2.05) is 24.3 Å². The molecular formula is C19H17N3O5S. The van der Waals surface area contributed by atoms with E-state index in [4.69, 9.17) is 4.74 Å². The number of aryl methyl sites for hydroxylation is 1. The largest absolute Gasteiger partial charge is 0.456 e. The minimum atomic E-state index is -0.631. The number of amides is 1. The summed E-state index contributed by atoms with van der Waals surface area (Å²) in [5.74, 6) is -1.13. The van der Waals surface area contributed by atoms with Crippen molar-refractivity contribution in [2.75, 3.05) is 11.9 Å². The minimum absolute atomic E-state index is 0.0596. The Labute approximate surface area is 164 Å². The molecule has 0 saturated heterocycles. The van der Waals surface area contributed by atoms with Crippen LogP contribution in [0.2, 0.25) is 0 Å². The van der Waals surface area contributed by atoms with Crippen molar-refractivity contribution in [1.82, 2.24) is 4.98 Å². The molecular weight excluding hydrogens is 382 g/mol. The normalized spacial score (nSPS) is 10.6. The molecule has 1 amide bonds. The minimum Gasteiger partial charge on any atom is -0.456 e. The van der Waals surface area contributed by atoms with Gasteiger partial charge in [-0.25, -0.2) is 4.98 Å². The number of hydrogen-bond acceptors (Lipinski definition) is 7. The van der Waals surface area contributed by atoms with Crippen molar-refractivity contribution < 1.29 is 19.2 Å². The lowest BCUT2D eigenvalue weighted by atomic mass is 10.2. The van der Waals surface area contributed by atoms with Crippen molar-refractivity contribution in [3.63, 3.8) is 0 Å². The molecule has 1 aromatic heterocycles. The number of rotatable bonds is 8. The van der Waals surface area contributed by atoms with Crippen LogP contribution in [0.15, 0.2) is 48.5 Å². The molecule has 0 aliphatic carbocycles. The Morgan fingerprint density at radius 1 is 1.14 bits per heavy atom. The number of nitrogens with zero attached hydrogens (tertiary/aromatic N) is 2. The number of nitro groups is 1. The number of fused-ring (bicyclic) bond motifs is 1. The van der Waals surface area contributed by atoms with E-state index in [0.29, 0.717) is 12.8 Å². The average molecular weight is 399 g/mol. The molecule has 0 aliphatic rings. The Morgan fingerprint density at radius 2 is 1.89 bits per heavy atom. The molecule has 0 spiro atoms. The summed E-state index contributed by atoms with van der Waals surface area (Å²) in [4.78, 5) is 38.5.